The van der Waals surface area contributed by atoms with Gasteiger partial charge in [-0.25, -0.2) is 9.97 Å². The van der Waals surface area contributed by atoms with E-state index in [-0.39, 0.29) is 29.0 Å². The molecule has 2 aromatic carbocycles. The van der Waals surface area contributed by atoms with Crippen LogP contribution in [0.1, 0.15) is 38.2 Å². The molecule has 0 atom stereocenters. The number of carbonyl (C=O) groups is 1. The zero-order valence-electron chi connectivity index (χ0n) is 38.6. The fraction of sp³-hybridized carbons (Fsp3) is 0.348. The Bertz CT molecular complexity index is 2690. The van der Waals surface area contributed by atoms with E-state index in [1.807, 2.05) is 73.2 Å². The fourth-order valence-corrected chi connectivity index (χ4v) is 7.54. The van der Waals surface area contributed by atoms with Crippen LogP contribution in [-0.2, 0) is 0 Å². The number of halogens is 3. The molecule has 6 N–H and O–H groups in total. The van der Waals surface area contributed by atoms with Gasteiger partial charge in [0.25, 0.3) is 0 Å². The van der Waals surface area contributed by atoms with Gasteiger partial charge in [-0.3, -0.25) is 30.1 Å². The molecular weight excluding hydrogens is 889 g/mol. The maximum absolute atomic E-state index is 12.6. The maximum Gasteiger partial charge on any atom is 0.338 e. The van der Waals surface area contributed by atoms with Crippen molar-refractivity contribution in [3.05, 3.63) is 114 Å². The van der Waals surface area contributed by atoms with Crippen LogP contribution < -0.4 is 34.2 Å². The third-order valence-electron chi connectivity index (χ3n) is 9.42. The maximum atomic E-state index is 12.6. The monoisotopic (exact) mass is 947 g/mol. The number of ketones is 1. The molecule has 0 bridgehead atoms. The summed E-state index contributed by atoms with van der Waals surface area (Å²) in [7, 11) is 12.0. The minimum Gasteiger partial charge on any atom is -1.00 e. The highest BCUT2D eigenvalue weighted by molar-refractivity contribution is 6.34. The van der Waals surface area contributed by atoms with Gasteiger partial charge in [-0.05, 0) is 51.8 Å². The van der Waals surface area contributed by atoms with Gasteiger partial charge < -0.3 is 41.3 Å². The predicted molar refractivity (Wildman–Crippen MR) is 256 cm³/mol. The highest BCUT2D eigenvalue weighted by atomic mass is 35.5. The Balaban J connectivity index is 0.000000232. The average molecular weight is 949 g/mol. The molecule has 0 unspecified atom stereocenters. The molecule has 0 aliphatic heterocycles. The topological polar surface area (TPSA) is 191 Å². The van der Waals surface area contributed by atoms with Crippen LogP contribution in [0.2, 0.25) is 10.0 Å². The van der Waals surface area contributed by atoms with E-state index >= 15 is 0 Å². The number of nitrogens with one attached hydrogen (secondary N) is 2. The number of benzene rings is 2. The second kappa shape index (κ2) is 22.8. The van der Waals surface area contributed by atoms with Crippen molar-refractivity contribution in [2.75, 3.05) is 73.8 Å². The average Bonchev–Trinajstić information content (AvgIpc) is 4.01. The summed E-state index contributed by atoms with van der Waals surface area (Å²) < 4.78 is 14.3. The summed E-state index contributed by atoms with van der Waals surface area (Å²) in [6, 6.07) is 16.8. The van der Waals surface area contributed by atoms with E-state index in [2.05, 4.69) is 90.9 Å². The summed E-state index contributed by atoms with van der Waals surface area (Å²) in [6.07, 6.45) is 11.5. The minimum absolute atomic E-state index is 0. The summed E-state index contributed by atoms with van der Waals surface area (Å²) in [5.74, 6) is 1.54. The number of fused-ring (bicyclic) bond motifs is 2. The van der Waals surface area contributed by atoms with Crippen molar-refractivity contribution < 1.29 is 31.0 Å². The van der Waals surface area contributed by atoms with E-state index in [4.69, 9.17) is 48.5 Å². The minimum atomic E-state index is -0.169. The first-order valence-electron chi connectivity index (χ1n) is 20.5. The lowest BCUT2D eigenvalue weighted by atomic mass is 9.93. The number of hydrogen-bond acceptors (Lipinski definition) is 11. The molecule has 65 heavy (non-hydrogen) atoms. The van der Waals surface area contributed by atoms with Crippen molar-refractivity contribution in [3.63, 3.8) is 0 Å². The zero-order chi connectivity index (χ0) is 46.8. The lowest BCUT2D eigenvalue weighted by Crippen LogP contribution is -3.00. The highest BCUT2D eigenvalue weighted by Gasteiger charge is 2.24. The number of carbonyl (C=O) groups excluding carboxylic acids is 1. The van der Waals surface area contributed by atoms with E-state index in [9.17, 15) is 4.79 Å². The Kier molecular flexibility index (Phi) is 18.2. The van der Waals surface area contributed by atoms with Crippen LogP contribution in [-0.4, -0.2) is 124 Å². The molecule has 0 radical (unpaired) electrons. The highest BCUT2D eigenvalue weighted by Crippen LogP contribution is 2.36. The van der Waals surface area contributed by atoms with Gasteiger partial charge >= 0.3 is 17.6 Å². The van der Waals surface area contributed by atoms with Gasteiger partial charge in [0.1, 0.15) is 35.3 Å². The van der Waals surface area contributed by atoms with Gasteiger partial charge in [-0.15, -0.1) is 0 Å². The molecule has 5 heterocycles. The Labute approximate surface area is 396 Å². The Morgan fingerprint density at radius 2 is 1.32 bits per heavy atom. The Morgan fingerprint density at radius 1 is 0.785 bits per heavy atom. The van der Waals surface area contributed by atoms with E-state index in [0.29, 0.717) is 50.6 Å². The van der Waals surface area contributed by atoms with Crippen LogP contribution >= 0.6 is 23.2 Å². The molecule has 16 nitrogen and oxygen atoms in total. The molecule has 19 heteroatoms. The number of nitrogens with zero attached hydrogens (tertiary/aromatic N) is 9. The second-order valence-electron chi connectivity index (χ2n) is 17.6. The number of aromatic nitrogens is 6. The molecule has 5 aromatic heterocycles. The molecule has 0 aliphatic carbocycles. The molecule has 7 aromatic rings. The molecular formula is C46H60Cl3N13O3. The molecule has 0 spiro atoms. The van der Waals surface area contributed by atoms with Crippen molar-refractivity contribution in [2.45, 2.75) is 27.7 Å². The fourth-order valence-electron chi connectivity index (χ4n) is 7.09. The number of rotatable bonds is 15. The summed E-state index contributed by atoms with van der Waals surface area (Å²) in [5, 5.41) is 4.54. The summed E-state index contributed by atoms with van der Waals surface area (Å²) in [4.78, 5) is 39.8. The summed E-state index contributed by atoms with van der Waals surface area (Å²) >= 11 is 12.7. The van der Waals surface area contributed by atoms with Gasteiger partial charge in [0, 0.05) is 81.1 Å². The first-order chi connectivity index (χ1) is 30.2. The predicted octanol–water partition coefficient (Wildman–Crippen LogP) is 3.14. The second-order valence-corrected chi connectivity index (χ2v) is 18.4. The third-order valence-corrected chi connectivity index (χ3v) is 10.1. The smallest absolute Gasteiger partial charge is 0.338 e. The number of oxazole rings is 2. The van der Waals surface area contributed by atoms with Gasteiger partial charge in [-0.2, -0.15) is 9.97 Å². The number of allylic oxidation sites excluding steroid dienone is 1. The quantitative estimate of drug-likeness (QED) is 0.0508. The number of nitrogens with two attached hydrogens (primary N) is 2. The number of guanidine groups is 1. The van der Waals surface area contributed by atoms with Gasteiger partial charge in [0.15, 0.2) is 0 Å². The van der Waals surface area contributed by atoms with Crippen molar-refractivity contribution in [1.29, 1.82) is 0 Å². The Morgan fingerprint density at radius 3 is 1.89 bits per heavy atom. The molecule has 0 saturated heterocycles. The van der Waals surface area contributed by atoms with Gasteiger partial charge in [-0.1, -0.05) is 87.3 Å². The largest absolute Gasteiger partial charge is 1.00 e. The molecule has 0 aliphatic rings. The van der Waals surface area contributed by atoms with E-state index in [1.165, 1.54) is 12.3 Å². The lowest BCUT2D eigenvalue weighted by molar-refractivity contribution is -0.476. The zero-order valence-corrected chi connectivity index (χ0v) is 40.9. The number of hydrogen-bond donors (Lipinski definition) is 4. The van der Waals surface area contributed by atoms with Crippen molar-refractivity contribution in [1.82, 2.24) is 43.4 Å². The SMILES string of the molecule is CN(C)C=CC(=O)c1c(-c2ccccc2Cl)nc2occn12.CN(C)CC(C)(C)CNc1nccc(-c2c(-c3ccccc3Cl)nc3occn23)n1.CN(C)CC(C)(C)C[NH+]=C(N)N.[Cl-]. The first-order valence-corrected chi connectivity index (χ1v) is 21.3. The normalized spacial score (nSPS) is 11.6. The lowest BCUT2D eigenvalue weighted by Gasteiger charge is -2.28. The van der Waals surface area contributed by atoms with Crippen molar-refractivity contribution >= 4 is 52.6 Å². The number of anilines is 1. The van der Waals surface area contributed by atoms with Crippen molar-refractivity contribution in [3.8, 4) is 33.9 Å². The van der Waals surface area contributed by atoms with Crippen LogP contribution in [0.5, 0.6) is 0 Å². The molecule has 0 amide bonds. The van der Waals surface area contributed by atoms with Crippen LogP contribution in [0.25, 0.3) is 45.6 Å². The van der Waals surface area contributed by atoms with Gasteiger partial charge in [0.2, 0.25) is 11.7 Å². The van der Waals surface area contributed by atoms with E-state index in [0.717, 1.165) is 48.8 Å². The van der Waals surface area contributed by atoms with Crippen LogP contribution in [0, 0.1) is 10.8 Å². The third kappa shape index (κ3) is 14.3. The standard InChI is InChI=1S/C22H25ClN6O.C16H14ClN3O2.C8H20N4.ClH/c1-22(2,14-28(3)4)13-25-20-24-10-9-17(26-20)19-18(15-7-5-6-8-16(15)23)27-21-29(19)11-12-30-21;1-19(2)8-7-13(21)15-14(11-5-3-4-6-12(11)17)18-16-20(15)9-10-22-16;1-8(2,6-12(3)4)5-11-7(9)10;/h5-12H,13-14H2,1-4H3,(H,24,25,26);3-10H,1-2H3;5-6H2,1-4H3,(H4,9,10,11);1H. The number of imidazole rings is 2. The first kappa shape index (κ1) is 51.7. The summed E-state index contributed by atoms with van der Waals surface area (Å²) in [6.45, 7) is 12.3. The van der Waals surface area contributed by atoms with Crippen molar-refractivity contribution in [2.24, 2.45) is 22.3 Å². The van der Waals surface area contributed by atoms with Gasteiger partial charge in [0.05, 0.1) is 22.3 Å². The van der Waals surface area contributed by atoms with Crippen LogP contribution in [0.3, 0.4) is 0 Å². The molecule has 0 fully saturated rings. The molecule has 0 saturated carbocycles. The van der Waals surface area contributed by atoms with E-state index < -0.39 is 0 Å². The molecule has 7 rings (SSSR count). The van der Waals surface area contributed by atoms with E-state index in [1.54, 1.807) is 40.2 Å². The molecule has 348 valence electrons. The summed E-state index contributed by atoms with van der Waals surface area (Å²) in [5.41, 5.74) is 15.6. The van der Waals surface area contributed by atoms with Crippen LogP contribution in [0.15, 0.2) is 107 Å². The Hall–Kier alpha value is -5.91. The van der Waals surface area contributed by atoms with Crippen LogP contribution in [0.4, 0.5) is 5.95 Å².